The summed E-state index contributed by atoms with van der Waals surface area (Å²) in [6.45, 7) is 6.77. The first kappa shape index (κ1) is 18.1. The standard InChI is InChI=1S/C18H27N3O3/c1-18(2,3)24-17(23)20-11-5-10-19-14-6-4-7-15(12-14)21-16(22)13-8-9-13/h4,6-7,12-13,19H,5,8-11H2,1-3H3,(H,20,23)(H,21,22). The number of alkyl carbamates (subject to hydrolysis) is 1. The van der Waals surface area contributed by atoms with Crippen LogP contribution < -0.4 is 16.0 Å². The van der Waals surface area contributed by atoms with E-state index in [2.05, 4.69) is 16.0 Å². The molecule has 0 aromatic heterocycles. The molecule has 0 unspecified atom stereocenters. The summed E-state index contributed by atoms with van der Waals surface area (Å²) in [5, 5.41) is 8.94. The predicted molar refractivity (Wildman–Crippen MR) is 95.1 cm³/mol. The van der Waals surface area contributed by atoms with E-state index >= 15 is 0 Å². The molecule has 0 radical (unpaired) electrons. The Labute approximate surface area is 143 Å². The van der Waals surface area contributed by atoms with E-state index in [9.17, 15) is 9.59 Å². The maximum absolute atomic E-state index is 11.8. The molecule has 0 saturated heterocycles. The van der Waals surface area contributed by atoms with E-state index in [-0.39, 0.29) is 11.8 Å². The van der Waals surface area contributed by atoms with Crippen molar-refractivity contribution in [2.24, 2.45) is 5.92 Å². The smallest absolute Gasteiger partial charge is 0.407 e. The normalized spacial score (nSPS) is 14.0. The molecule has 0 bridgehead atoms. The van der Waals surface area contributed by atoms with Crippen LogP contribution in [0.5, 0.6) is 0 Å². The Morgan fingerprint density at radius 2 is 1.88 bits per heavy atom. The van der Waals surface area contributed by atoms with Crippen LogP contribution in [-0.4, -0.2) is 30.7 Å². The molecule has 1 aromatic rings. The van der Waals surface area contributed by atoms with Gasteiger partial charge in [-0.2, -0.15) is 0 Å². The van der Waals surface area contributed by atoms with Crippen molar-refractivity contribution >= 4 is 23.4 Å². The van der Waals surface area contributed by atoms with Gasteiger partial charge < -0.3 is 20.7 Å². The summed E-state index contributed by atoms with van der Waals surface area (Å²) in [5.74, 6) is 0.300. The predicted octanol–water partition coefficient (Wildman–Crippen LogP) is 3.36. The molecule has 1 fully saturated rings. The zero-order valence-electron chi connectivity index (χ0n) is 14.6. The summed E-state index contributed by atoms with van der Waals surface area (Å²) in [4.78, 5) is 23.3. The minimum absolute atomic E-state index is 0.105. The van der Waals surface area contributed by atoms with E-state index in [0.717, 1.165) is 37.2 Å². The fraction of sp³-hybridized carbons (Fsp3) is 0.556. The van der Waals surface area contributed by atoms with Gasteiger partial charge in [-0.15, -0.1) is 0 Å². The fourth-order valence-corrected chi connectivity index (χ4v) is 2.12. The molecule has 3 N–H and O–H groups in total. The van der Waals surface area contributed by atoms with Gasteiger partial charge in [0.05, 0.1) is 0 Å². The first-order chi connectivity index (χ1) is 11.3. The van der Waals surface area contributed by atoms with Gasteiger partial charge in [-0.05, 0) is 58.2 Å². The van der Waals surface area contributed by atoms with Gasteiger partial charge in [-0.3, -0.25) is 4.79 Å². The van der Waals surface area contributed by atoms with Crippen molar-refractivity contribution in [2.75, 3.05) is 23.7 Å². The van der Waals surface area contributed by atoms with Crippen LogP contribution in [0.3, 0.4) is 0 Å². The molecule has 6 heteroatoms. The highest BCUT2D eigenvalue weighted by Gasteiger charge is 2.29. The van der Waals surface area contributed by atoms with Gasteiger partial charge in [0.15, 0.2) is 0 Å². The van der Waals surface area contributed by atoms with Gasteiger partial charge in [0.2, 0.25) is 5.91 Å². The van der Waals surface area contributed by atoms with Crippen molar-refractivity contribution in [3.05, 3.63) is 24.3 Å². The third-order valence-corrected chi connectivity index (χ3v) is 3.43. The molecule has 1 saturated carbocycles. The Morgan fingerprint density at radius 1 is 1.17 bits per heavy atom. The van der Waals surface area contributed by atoms with E-state index in [1.807, 2.05) is 45.0 Å². The van der Waals surface area contributed by atoms with E-state index in [4.69, 9.17) is 4.74 Å². The molecule has 0 heterocycles. The van der Waals surface area contributed by atoms with Crippen molar-refractivity contribution in [3.63, 3.8) is 0 Å². The van der Waals surface area contributed by atoms with Crippen LogP contribution in [0.1, 0.15) is 40.0 Å². The molecule has 0 aliphatic heterocycles. The van der Waals surface area contributed by atoms with Crippen molar-refractivity contribution in [3.8, 4) is 0 Å². The maximum atomic E-state index is 11.8. The molecule has 24 heavy (non-hydrogen) atoms. The minimum atomic E-state index is -0.478. The second-order valence-electron chi connectivity index (χ2n) is 7.05. The SMILES string of the molecule is CC(C)(C)OC(=O)NCCCNc1cccc(NC(=O)C2CC2)c1. The largest absolute Gasteiger partial charge is 0.444 e. The Bertz CT molecular complexity index is 577. The number of anilines is 2. The Morgan fingerprint density at radius 3 is 2.54 bits per heavy atom. The number of amides is 2. The van der Waals surface area contributed by atoms with Crippen LogP contribution in [0.4, 0.5) is 16.2 Å². The minimum Gasteiger partial charge on any atom is -0.444 e. The molecule has 2 rings (SSSR count). The number of hydrogen-bond acceptors (Lipinski definition) is 4. The third-order valence-electron chi connectivity index (χ3n) is 3.43. The van der Waals surface area contributed by atoms with Crippen molar-refractivity contribution in [2.45, 2.75) is 45.6 Å². The van der Waals surface area contributed by atoms with Gasteiger partial charge in [0.1, 0.15) is 5.60 Å². The first-order valence-electron chi connectivity index (χ1n) is 8.45. The number of nitrogens with one attached hydrogen (secondary N) is 3. The lowest BCUT2D eigenvalue weighted by molar-refractivity contribution is -0.117. The summed E-state index contributed by atoms with van der Waals surface area (Å²) in [6.07, 6.45) is 2.37. The van der Waals surface area contributed by atoms with E-state index in [1.54, 1.807) is 0 Å². The Balaban J connectivity index is 1.65. The number of hydrogen-bond donors (Lipinski definition) is 3. The highest BCUT2D eigenvalue weighted by Crippen LogP contribution is 2.30. The first-order valence-corrected chi connectivity index (χ1v) is 8.45. The molecule has 1 aromatic carbocycles. The Kier molecular flexibility index (Phi) is 6.06. The molecule has 0 atom stereocenters. The molecule has 1 aliphatic carbocycles. The number of rotatable bonds is 7. The van der Waals surface area contributed by atoms with Gasteiger partial charge in [0, 0.05) is 30.4 Å². The second-order valence-corrected chi connectivity index (χ2v) is 7.05. The summed E-state index contributed by atoms with van der Waals surface area (Å²) in [7, 11) is 0. The van der Waals surface area contributed by atoms with Crippen molar-refractivity contribution < 1.29 is 14.3 Å². The lowest BCUT2D eigenvalue weighted by atomic mass is 10.2. The van der Waals surface area contributed by atoms with Gasteiger partial charge >= 0.3 is 6.09 Å². The molecule has 0 spiro atoms. The zero-order valence-corrected chi connectivity index (χ0v) is 14.6. The summed E-state index contributed by atoms with van der Waals surface area (Å²) < 4.78 is 5.17. The molecule has 2 amide bonds. The fourth-order valence-electron chi connectivity index (χ4n) is 2.12. The maximum Gasteiger partial charge on any atom is 0.407 e. The van der Waals surface area contributed by atoms with Gasteiger partial charge in [0.25, 0.3) is 0 Å². The van der Waals surface area contributed by atoms with Crippen LogP contribution in [0.2, 0.25) is 0 Å². The van der Waals surface area contributed by atoms with Crippen LogP contribution in [0.15, 0.2) is 24.3 Å². The van der Waals surface area contributed by atoms with E-state index < -0.39 is 11.7 Å². The number of benzene rings is 1. The van der Waals surface area contributed by atoms with Gasteiger partial charge in [-0.1, -0.05) is 6.07 Å². The topological polar surface area (TPSA) is 79.5 Å². The average molecular weight is 333 g/mol. The monoisotopic (exact) mass is 333 g/mol. The molecule has 132 valence electrons. The average Bonchev–Trinajstić information content (AvgIpc) is 3.30. The summed E-state index contributed by atoms with van der Waals surface area (Å²) >= 11 is 0. The summed E-state index contributed by atoms with van der Waals surface area (Å²) in [5.41, 5.74) is 1.28. The van der Waals surface area contributed by atoms with Crippen LogP contribution >= 0.6 is 0 Å². The van der Waals surface area contributed by atoms with Crippen molar-refractivity contribution in [1.29, 1.82) is 0 Å². The van der Waals surface area contributed by atoms with E-state index in [1.165, 1.54) is 0 Å². The van der Waals surface area contributed by atoms with Gasteiger partial charge in [-0.25, -0.2) is 4.79 Å². The number of carbonyl (C=O) groups is 2. The molecule has 1 aliphatic rings. The lowest BCUT2D eigenvalue weighted by Crippen LogP contribution is -2.33. The lowest BCUT2D eigenvalue weighted by Gasteiger charge is -2.19. The van der Waals surface area contributed by atoms with Crippen LogP contribution in [-0.2, 0) is 9.53 Å². The highest BCUT2D eigenvalue weighted by molar-refractivity contribution is 5.94. The molecular formula is C18H27N3O3. The van der Waals surface area contributed by atoms with E-state index in [0.29, 0.717) is 6.54 Å². The third kappa shape index (κ3) is 6.89. The highest BCUT2D eigenvalue weighted by atomic mass is 16.6. The number of ether oxygens (including phenoxy) is 1. The molecule has 6 nitrogen and oxygen atoms in total. The molecular weight excluding hydrogens is 306 g/mol. The van der Waals surface area contributed by atoms with Crippen molar-refractivity contribution in [1.82, 2.24) is 5.32 Å². The van der Waals surface area contributed by atoms with Crippen LogP contribution in [0.25, 0.3) is 0 Å². The quantitative estimate of drug-likeness (QED) is 0.669. The second kappa shape index (κ2) is 8.04. The number of carbonyl (C=O) groups excluding carboxylic acids is 2. The zero-order chi connectivity index (χ0) is 17.6. The van der Waals surface area contributed by atoms with Crippen LogP contribution in [0, 0.1) is 5.92 Å². The Hall–Kier alpha value is -2.24. The summed E-state index contributed by atoms with van der Waals surface area (Å²) in [6, 6.07) is 7.66.